The molecule has 0 saturated carbocycles. The Morgan fingerprint density at radius 1 is 1.14 bits per heavy atom. The molecule has 0 bridgehead atoms. The van der Waals surface area contributed by atoms with Crippen molar-refractivity contribution in [2.75, 3.05) is 0 Å². The number of imidazole rings is 1. The van der Waals surface area contributed by atoms with E-state index in [2.05, 4.69) is 29.0 Å². The molecular weight excluding hydrogens is 350 g/mol. The molecule has 4 aromatic rings. The largest absolute Gasteiger partial charge is 0.451 e. The van der Waals surface area contributed by atoms with Gasteiger partial charge in [0.2, 0.25) is 0 Å². The van der Waals surface area contributed by atoms with Crippen LogP contribution in [0.15, 0.2) is 77.5 Å². The second kappa shape index (κ2) is 8.13. The van der Waals surface area contributed by atoms with Crippen LogP contribution in [0.3, 0.4) is 0 Å². The SMILES string of the molecule is C[C@@H](CCc1ccccc1)N(Cc1ncc[nH]1)C(=O)c1cc2ccccc2o1. The van der Waals surface area contributed by atoms with E-state index in [0.717, 1.165) is 29.6 Å². The molecule has 2 heterocycles. The van der Waals surface area contributed by atoms with Crippen molar-refractivity contribution in [3.8, 4) is 0 Å². The standard InChI is InChI=1S/C23H23N3O2/c1-17(11-12-18-7-3-2-4-8-18)26(16-22-24-13-14-25-22)23(27)21-15-19-9-5-6-10-20(19)28-21/h2-10,13-15,17H,11-12,16H2,1H3,(H,24,25)/t17-/m0/s1. The Kier molecular flexibility index (Phi) is 5.24. The minimum absolute atomic E-state index is 0.0334. The number of rotatable bonds is 7. The molecule has 0 unspecified atom stereocenters. The Morgan fingerprint density at radius 2 is 1.93 bits per heavy atom. The second-order valence-electron chi connectivity index (χ2n) is 6.99. The predicted molar refractivity (Wildman–Crippen MR) is 109 cm³/mol. The maximum atomic E-state index is 13.3. The van der Waals surface area contributed by atoms with Crippen LogP contribution in [-0.2, 0) is 13.0 Å². The summed E-state index contributed by atoms with van der Waals surface area (Å²) in [4.78, 5) is 22.5. The van der Waals surface area contributed by atoms with Crippen LogP contribution >= 0.6 is 0 Å². The highest BCUT2D eigenvalue weighted by Crippen LogP contribution is 2.22. The van der Waals surface area contributed by atoms with E-state index < -0.39 is 0 Å². The zero-order valence-electron chi connectivity index (χ0n) is 15.8. The number of nitrogens with zero attached hydrogens (tertiary/aromatic N) is 2. The molecule has 0 aliphatic rings. The van der Waals surface area contributed by atoms with E-state index in [9.17, 15) is 4.79 Å². The Labute approximate surface area is 164 Å². The molecule has 1 amide bonds. The number of aromatic amines is 1. The molecule has 0 fully saturated rings. The van der Waals surface area contributed by atoms with Crippen LogP contribution in [0.1, 0.15) is 35.3 Å². The number of benzene rings is 2. The van der Waals surface area contributed by atoms with Gasteiger partial charge in [0, 0.05) is 23.8 Å². The van der Waals surface area contributed by atoms with Crippen molar-refractivity contribution in [2.45, 2.75) is 32.4 Å². The Bertz CT molecular complexity index is 1010. The topological polar surface area (TPSA) is 62.1 Å². The zero-order chi connectivity index (χ0) is 19.3. The summed E-state index contributed by atoms with van der Waals surface area (Å²) in [6, 6.07) is 19.9. The molecule has 2 aromatic carbocycles. The molecule has 0 aliphatic heterocycles. The molecule has 1 N–H and O–H groups in total. The van der Waals surface area contributed by atoms with Gasteiger partial charge in [0.25, 0.3) is 5.91 Å². The molecular formula is C23H23N3O2. The van der Waals surface area contributed by atoms with Crippen LogP contribution in [-0.4, -0.2) is 26.8 Å². The first-order valence-electron chi connectivity index (χ1n) is 9.52. The van der Waals surface area contributed by atoms with Crippen molar-refractivity contribution < 1.29 is 9.21 Å². The monoisotopic (exact) mass is 373 g/mol. The Hall–Kier alpha value is -3.34. The summed E-state index contributed by atoms with van der Waals surface area (Å²) in [6.07, 6.45) is 5.24. The number of hydrogen-bond acceptors (Lipinski definition) is 3. The van der Waals surface area contributed by atoms with Gasteiger partial charge in [-0.25, -0.2) is 4.98 Å². The lowest BCUT2D eigenvalue weighted by Gasteiger charge is -2.28. The third kappa shape index (κ3) is 3.98. The lowest BCUT2D eigenvalue weighted by atomic mass is 10.0. The number of nitrogens with one attached hydrogen (secondary N) is 1. The lowest BCUT2D eigenvalue weighted by Crippen LogP contribution is -2.38. The Balaban J connectivity index is 1.55. The van der Waals surface area contributed by atoms with E-state index >= 15 is 0 Å². The fraction of sp³-hybridized carbons (Fsp3) is 0.217. The number of fused-ring (bicyclic) bond motifs is 1. The number of amides is 1. The molecule has 0 saturated heterocycles. The summed E-state index contributed by atoms with van der Waals surface area (Å²) < 4.78 is 5.82. The Morgan fingerprint density at radius 3 is 2.68 bits per heavy atom. The number of furan rings is 1. The van der Waals surface area contributed by atoms with Crippen molar-refractivity contribution >= 4 is 16.9 Å². The fourth-order valence-electron chi connectivity index (χ4n) is 3.38. The van der Waals surface area contributed by atoms with Crippen LogP contribution in [0.25, 0.3) is 11.0 Å². The quantitative estimate of drug-likeness (QED) is 0.505. The molecule has 0 aliphatic carbocycles. The highest BCUT2D eigenvalue weighted by molar-refractivity contribution is 5.96. The number of para-hydroxylation sites is 1. The number of aryl methyl sites for hydroxylation is 1. The number of carbonyl (C=O) groups excluding carboxylic acids is 1. The van der Waals surface area contributed by atoms with Crippen molar-refractivity contribution in [3.05, 3.63) is 90.2 Å². The summed E-state index contributed by atoms with van der Waals surface area (Å²) in [5, 5.41) is 0.931. The molecule has 28 heavy (non-hydrogen) atoms. The molecule has 1 atom stereocenters. The molecule has 2 aromatic heterocycles. The van der Waals surface area contributed by atoms with Crippen molar-refractivity contribution in [1.82, 2.24) is 14.9 Å². The van der Waals surface area contributed by atoms with E-state index in [1.807, 2.05) is 53.4 Å². The third-order valence-electron chi connectivity index (χ3n) is 5.00. The minimum Gasteiger partial charge on any atom is -0.451 e. The van der Waals surface area contributed by atoms with Gasteiger partial charge >= 0.3 is 0 Å². The molecule has 0 radical (unpaired) electrons. The maximum Gasteiger partial charge on any atom is 0.290 e. The minimum atomic E-state index is -0.117. The normalized spacial score (nSPS) is 12.2. The lowest BCUT2D eigenvalue weighted by molar-refractivity contribution is 0.0632. The summed E-state index contributed by atoms with van der Waals surface area (Å²) in [7, 11) is 0. The maximum absolute atomic E-state index is 13.3. The van der Waals surface area contributed by atoms with Gasteiger partial charge < -0.3 is 14.3 Å². The van der Waals surface area contributed by atoms with E-state index in [1.54, 1.807) is 12.4 Å². The van der Waals surface area contributed by atoms with Crippen LogP contribution in [0, 0.1) is 0 Å². The first-order valence-corrected chi connectivity index (χ1v) is 9.52. The van der Waals surface area contributed by atoms with E-state index in [-0.39, 0.29) is 11.9 Å². The fourth-order valence-corrected chi connectivity index (χ4v) is 3.38. The number of H-pyrrole nitrogens is 1. The number of hydrogen-bond donors (Lipinski definition) is 1. The van der Waals surface area contributed by atoms with Crippen LogP contribution in [0.4, 0.5) is 0 Å². The van der Waals surface area contributed by atoms with Crippen LogP contribution < -0.4 is 0 Å². The smallest absolute Gasteiger partial charge is 0.290 e. The highest BCUT2D eigenvalue weighted by atomic mass is 16.3. The average molecular weight is 373 g/mol. The average Bonchev–Trinajstić information content (AvgIpc) is 3.40. The molecule has 5 nitrogen and oxygen atoms in total. The first kappa shape index (κ1) is 18.0. The summed E-state index contributed by atoms with van der Waals surface area (Å²) in [5.74, 6) is 1.00. The second-order valence-corrected chi connectivity index (χ2v) is 6.99. The van der Waals surface area contributed by atoms with Gasteiger partial charge in [0.15, 0.2) is 5.76 Å². The van der Waals surface area contributed by atoms with Gasteiger partial charge in [0.05, 0.1) is 6.54 Å². The van der Waals surface area contributed by atoms with Gasteiger partial charge in [0.1, 0.15) is 11.4 Å². The highest BCUT2D eigenvalue weighted by Gasteiger charge is 2.25. The third-order valence-corrected chi connectivity index (χ3v) is 5.00. The van der Waals surface area contributed by atoms with Gasteiger partial charge in [-0.1, -0.05) is 48.5 Å². The van der Waals surface area contributed by atoms with Gasteiger partial charge in [-0.2, -0.15) is 0 Å². The van der Waals surface area contributed by atoms with Gasteiger partial charge in [-0.05, 0) is 37.5 Å². The predicted octanol–water partition coefficient (Wildman–Crippen LogP) is 4.82. The van der Waals surface area contributed by atoms with E-state index in [0.29, 0.717) is 12.3 Å². The number of carbonyl (C=O) groups is 1. The van der Waals surface area contributed by atoms with Gasteiger partial charge in [-0.15, -0.1) is 0 Å². The van der Waals surface area contributed by atoms with E-state index in [4.69, 9.17) is 4.42 Å². The van der Waals surface area contributed by atoms with E-state index in [1.165, 1.54) is 5.56 Å². The first-order chi connectivity index (χ1) is 13.7. The van der Waals surface area contributed by atoms with Gasteiger partial charge in [-0.3, -0.25) is 4.79 Å². The van der Waals surface area contributed by atoms with Crippen molar-refractivity contribution in [2.24, 2.45) is 0 Å². The number of aromatic nitrogens is 2. The molecule has 142 valence electrons. The molecule has 0 spiro atoms. The molecule has 5 heteroatoms. The summed E-state index contributed by atoms with van der Waals surface area (Å²) in [5.41, 5.74) is 1.99. The molecule has 4 rings (SSSR count). The van der Waals surface area contributed by atoms with Crippen molar-refractivity contribution in [1.29, 1.82) is 0 Å². The zero-order valence-corrected chi connectivity index (χ0v) is 15.8. The van der Waals surface area contributed by atoms with Crippen LogP contribution in [0.5, 0.6) is 0 Å². The van der Waals surface area contributed by atoms with Crippen molar-refractivity contribution in [3.63, 3.8) is 0 Å². The summed E-state index contributed by atoms with van der Waals surface area (Å²) >= 11 is 0. The summed E-state index contributed by atoms with van der Waals surface area (Å²) in [6.45, 7) is 2.49. The van der Waals surface area contributed by atoms with Crippen LogP contribution in [0.2, 0.25) is 0 Å².